The number of esters is 1. The van der Waals surface area contributed by atoms with Gasteiger partial charge < -0.3 is 9.84 Å². The summed E-state index contributed by atoms with van der Waals surface area (Å²) in [5.41, 5.74) is 0.573. The number of aliphatic hydroxyl groups excluding tert-OH is 1. The molecule has 0 aromatic heterocycles. The molecule has 0 amide bonds. The Morgan fingerprint density at radius 3 is 2.41 bits per heavy atom. The third-order valence-electron chi connectivity index (χ3n) is 3.59. The third-order valence-corrected chi connectivity index (χ3v) is 3.59. The molecule has 0 aliphatic heterocycles. The lowest BCUT2D eigenvalue weighted by atomic mass is 9.71. The Balaban J connectivity index is 2.64. The maximum atomic E-state index is 11.5. The van der Waals surface area contributed by atoms with Gasteiger partial charge in [0.1, 0.15) is 6.10 Å². The summed E-state index contributed by atoms with van der Waals surface area (Å²) >= 11 is 0. The van der Waals surface area contributed by atoms with Crippen molar-refractivity contribution < 1.29 is 14.6 Å². The molecule has 17 heavy (non-hydrogen) atoms. The topological polar surface area (TPSA) is 46.5 Å². The van der Waals surface area contributed by atoms with E-state index in [1.807, 2.05) is 0 Å². The van der Waals surface area contributed by atoms with E-state index >= 15 is 0 Å². The van der Waals surface area contributed by atoms with Crippen LogP contribution < -0.4 is 0 Å². The fourth-order valence-corrected chi connectivity index (χ4v) is 2.26. The molecule has 3 unspecified atom stereocenters. The Morgan fingerprint density at radius 1 is 1.35 bits per heavy atom. The van der Waals surface area contributed by atoms with Gasteiger partial charge in [0.15, 0.2) is 0 Å². The van der Waals surface area contributed by atoms with Crippen LogP contribution in [0.1, 0.15) is 47.0 Å². The van der Waals surface area contributed by atoms with Gasteiger partial charge in [-0.15, -0.1) is 0 Å². The van der Waals surface area contributed by atoms with Crippen molar-refractivity contribution in [2.24, 2.45) is 11.3 Å². The first-order valence-corrected chi connectivity index (χ1v) is 6.26. The maximum Gasteiger partial charge on any atom is 0.333 e. The summed E-state index contributed by atoms with van der Waals surface area (Å²) in [6.45, 7) is 11.7. The average Bonchev–Trinajstić information content (AvgIpc) is 2.19. The molecule has 3 heteroatoms. The zero-order valence-electron chi connectivity index (χ0n) is 11.3. The quantitative estimate of drug-likeness (QED) is 0.596. The Kier molecular flexibility index (Phi) is 4.36. The van der Waals surface area contributed by atoms with Crippen LogP contribution in [-0.2, 0) is 9.53 Å². The van der Waals surface area contributed by atoms with E-state index in [9.17, 15) is 9.90 Å². The first kappa shape index (κ1) is 14.2. The molecule has 0 heterocycles. The van der Waals surface area contributed by atoms with Crippen LogP contribution in [0.25, 0.3) is 0 Å². The van der Waals surface area contributed by atoms with Crippen molar-refractivity contribution in [1.82, 2.24) is 0 Å². The van der Waals surface area contributed by atoms with E-state index < -0.39 is 12.1 Å². The second-order valence-corrected chi connectivity index (χ2v) is 6.17. The number of carbonyl (C=O) groups is 1. The van der Waals surface area contributed by atoms with Gasteiger partial charge in [0, 0.05) is 5.57 Å². The van der Waals surface area contributed by atoms with Gasteiger partial charge in [0.25, 0.3) is 0 Å². The lowest BCUT2D eigenvalue weighted by Crippen LogP contribution is -2.40. The van der Waals surface area contributed by atoms with E-state index in [0.29, 0.717) is 17.9 Å². The molecule has 1 N–H and O–H groups in total. The van der Waals surface area contributed by atoms with Crippen molar-refractivity contribution in [3.63, 3.8) is 0 Å². The summed E-state index contributed by atoms with van der Waals surface area (Å²) in [5, 5.41) is 9.88. The molecule has 0 spiro atoms. The second kappa shape index (κ2) is 5.21. The molecular formula is C14H24O3. The fraction of sp³-hybridized carbons (Fsp3) is 0.786. The summed E-state index contributed by atoms with van der Waals surface area (Å²) in [5.74, 6) is 0.0810. The van der Waals surface area contributed by atoms with E-state index in [0.717, 1.165) is 12.8 Å². The smallest absolute Gasteiger partial charge is 0.333 e. The van der Waals surface area contributed by atoms with Crippen molar-refractivity contribution in [3.8, 4) is 0 Å². The van der Waals surface area contributed by atoms with Crippen LogP contribution in [0.2, 0.25) is 0 Å². The predicted molar refractivity (Wildman–Crippen MR) is 67.5 cm³/mol. The SMILES string of the molecule is C=C(C)C(=O)OC1CC(C(C)(C)C)CCC1O. The van der Waals surface area contributed by atoms with Gasteiger partial charge >= 0.3 is 5.97 Å². The molecule has 1 aliphatic rings. The maximum absolute atomic E-state index is 11.5. The highest BCUT2D eigenvalue weighted by Gasteiger charge is 2.37. The van der Waals surface area contributed by atoms with E-state index in [4.69, 9.17) is 4.74 Å². The van der Waals surface area contributed by atoms with Crippen LogP contribution >= 0.6 is 0 Å². The number of carbonyl (C=O) groups excluding carboxylic acids is 1. The molecule has 1 aliphatic carbocycles. The standard InChI is InChI=1S/C14H24O3/c1-9(2)13(16)17-12-8-10(14(3,4)5)6-7-11(12)15/h10-12,15H,1,6-8H2,2-5H3. The summed E-state index contributed by atoms with van der Waals surface area (Å²) < 4.78 is 5.30. The molecule has 1 saturated carbocycles. The summed E-state index contributed by atoms with van der Waals surface area (Å²) in [6, 6.07) is 0. The van der Waals surface area contributed by atoms with Crippen LogP contribution in [-0.4, -0.2) is 23.3 Å². The Labute approximate surface area is 104 Å². The fourth-order valence-electron chi connectivity index (χ4n) is 2.26. The molecule has 1 rings (SSSR count). The van der Waals surface area contributed by atoms with Crippen molar-refractivity contribution in [2.75, 3.05) is 0 Å². The van der Waals surface area contributed by atoms with Crippen LogP contribution in [0, 0.1) is 11.3 Å². The van der Waals surface area contributed by atoms with Crippen LogP contribution in [0.4, 0.5) is 0 Å². The monoisotopic (exact) mass is 240 g/mol. The van der Waals surface area contributed by atoms with Crippen molar-refractivity contribution >= 4 is 5.97 Å². The molecular weight excluding hydrogens is 216 g/mol. The van der Waals surface area contributed by atoms with E-state index in [2.05, 4.69) is 27.4 Å². The summed E-state index contributed by atoms with van der Waals surface area (Å²) in [7, 11) is 0. The number of ether oxygens (including phenoxy) is 1. The lowest BCUT2D eigenvalue weighted by molar-refractivity contribution is -0.155. The minimum Gasteiger partial charge on any atom is -0.456 e. The highest BCUT2D eigenvalue weighted by Crippen LogP contribution is 2.38. The van der Waals surface area contributed by atoms with E-state index in [-0.39, 0.29) is 11.5 Å². The molecule has 0 aromatic rings. The Hall–Kier alpha value is -0.830. The molecule has 1 fully saturated rings. The van der Waals surface area contributed by atoms with Gasteiger partial charge in [0.05, 0.1) is 6.10 Å². The Bertz CT molecular complexity index is 301. The largest absolute Gasteiger partial charge is 0.456 e. The molecule has 3 nitrogen and oxygen atoms in total. The van der Waals surface area contributed by atoms with Crippen LogP contribution in [0.3, 0.4) is 0 Å². The highest BCUT2D eigenvalue weighted by molar-refractivity contribution is 5.87. The second-order valence-electron chi connectivity index (χ2n) is 6.17. The molecule has 0 saturated heterocycles. The summed E-state index contributed by atoms with van der Waals surface area (Å²) in [6.07, 6.45) is 1.53. The van der Waals surface area contributed by atoms with Crippen molar-refractivity contribution in [2.45, 2.75) is 59.2 Å². The predicted octanol–water partition coefficient (Wildman–Crippen LogP) is 2.68. The average molecular weight is 240 g/mol. The molecule has 0 radical (unpaired) electrons. The van der Waals surface area contributed by atoms with Gasteiger partial charge in [-0.05, 0) is 37.5 Å². The Morgan fingerprint density at radius 2 is 1.94 bits per heavy atom. The number of hydrogen-bond acceptors (Lipinski definition) is 3. The van der Waals surface area contributed by atoms with Gasteiger partial charge in [0.2, 0.25) is 0 Å². The minimum absolute atomic E-state index is 0.189. The molecule has 3 atom stereocenters. The zero-order valence-corrected chi connectivity index (χ0v) is 11.3. The van der Waals surface area contributed by atoms with Crippen molar-refractivity contribution in [3.05, 3.63) is 12.2 Å². The molecule has 0 bridgehead atoms. The first-order valence-electron chi connectivity index (χ1n) is 6.26. The molecule has 0 aromatic carbocycles. The van der Waals surface area contributed by atoms with Gasteiger partial charge in [-0.25, -0.2) is 4.79 Å². The lowest BCUT2D eigenvalue weighted by Gasteiger charge is -2.39. The highest BCUT2D eigenvalue weighted by atomic mass is 16.6. The van der Waals surface area contributed by atoms with Gasteiger partial charge in [-0.3, -0.25) is 0 Å². The number of rotatable bonds is 2. The van der Waals surface area contributed by atoms with Crippen molar-refractivity contribution in [1.29, 1.82) is 0 Å². The van der Waals surface area contributed by atoms with Gasteiger partial charge in [-0.1, -0.05) is 27.4 Å². The number of aliphatic hydroxyl groups is 1. The first-order chi connectivity index (χ1) is 7.71. The summed E-state index contributed by atoms with van der Waals surface area (Å²) in [4.78, 5) is 11.5. The third kappa shape index (κ3) is 3.84. The van der Waals surface area contributed by atoms with E-state index in [1.54, 1.807) is 6.92 Å². The van der Waals surface area contributed by atoms with Crippen LogP contribution in [0.5, 0.6) is 0 Å². The van der Waals surface area contributed by atoms with Gasteiger partial charge in [-0.2, -0.15) is 0 Å². The molecule has 98 valence electrons. The number of hydrogen-bond donors (Lipinski definition) is 1. The zero-order chi connectivity index (χ0) is 13.2. The van der Waals surface area contributed by atoms with Crippen LogP contribution in [0.15, 0.2) is 12.2 Å². The minimum atomic E-state index is -0.531. The van der Waals surface area contributed by atoms with E-state index in [1.165, 1.54) is 0 Å². The normalized spacial score (nSPS) is 29.8.